The number of nitrogens with zero attached hydrogens (tertiary/aromatic N) is 1. The van der Waals surface area contributed by atoms with Crippen LogP contribution in [0.3, 0.4) is 0 Å². The summed E-state index contributed by atoms with van der Waals surface area (Å²) >= 11 is 0. The van der Waals surface area contributed by atoms with Gasteiger partial charge in [-0.3, -0.25) is 0 Å². The molecule has 0 saturated heterocycles. The fraction of sp³-hybridized carbons (Fsp3) is 0.647. The zero-order valence-electron chi connectivity index (χ0n) is 14.2. The van der Waals surface area contributed by atoms with Crippen LogP contribution >= 0.6 is 0 Å². The van der Waals surface area contributed by atoms with Crippen molar-refractivity contribution in [1.29, 1.82) is 0 Å². The number of pyridine rings is 1. The second-order valence-corrected chi connectivity index (χ2v) is 7.10. The molecule has 1 aliphatic carbocycles. The van der Waals surface area contributed by atoms with Crippen molar-refractivity contribution in [3.63, 3.8) is 0 Å². The molecule has 0 radical (unpaired) electrons. The molecule has 0 bridgehead atoms. The Kier molecular flexibility index (Phi) is 4.94. The van der Waals surface area contributed by atoms with Gasteiger partial charge in [-0.2, -0.15) is 0 Å². The minimum atomic E-state index is -0.455. The Balaban J connectivity index is 1.82. The van der Waals surface area contributed by atoms with E-state index in [0.29, 0.717) is 6.04 Å². The van der Waals surface area contributed by atoms with Gasteiger partial charge in [0, 0.05) is 17.8 Å². The average Bonchev–Trinajstić information content (AvgIpc) is 2.78. The van der Waals surface area contributed by atoms with Crippen LogP contribution in [0.25, 0.3) is 0 Å². The monoisotopic (exact) mass is 305 g/mol. The quantitative estimate of drug-likeness (QED) is 0.896. The number of carbonyl (C=O) groups is 1. The van der Waals surface area contributed by atoms with E-state index in [9.17, 15) is 4.79 Å². The summed E-state index contributed by atoms with van der Waals surface area (Å²) in [7, 11) is 0. The van der Waals surface area contributed by atoms with E-state index in [2.05, 4.69) is 28.6 Å². The predicted octanol–water partition coefficient (Wildman–Crippen LogP) is 3.56. The molecular weight excluding hydrogens is 278 g/mol. The van der Waals surface area contributed by atoms with Crippen molar-refractivity contribution in [2.75, 3.05) is 5.32 Å². The Bertz CT molecular complexity index is 537. The smallest absolute Gasteiger partial charge is 0.407 e. The average molecular weight is 305 g/mol. The molecule has 5 nitrogen and oxygen atoms in total. The first-order valence-corrected chi connectivity index (χ1v) is 7.93. The highest BCUT2D eigenvalue weighted by atomic mass is 16.6. The van der Waals surface area contributed by atoms with Crippen molar-refractivity contribution in [3.05, 3.63) is 23.4 Å². The van der Waals surface area contributed by atoms with Gasteiger partial charge < -0.3 is 15.4 Å². The zero-order valence-corrected chi connectivity index (χ0v) is 14.2. The number of carbonyl (C=O) groups excluding carboxylic acids is 1. The van der Waals surface area contributed by atoms with Crippen LogP contribution in [0.1, 0.15) is 51.3 Å². The Morgan fingerprint density at radius 1 is 1.23 bits per heavy atom. The van der Waals surface area contributed by atoms with Crippen LogP contribution in [0.15, 0.2) is 12.1 Å². The summed E-state index contributed by atoms with van der Waals surface area (Å²) in [5.41, 5.74) is 1.79. The van der Waals surface area contributed by atoms with Crippen LogP contribution in [0, 0.1) is 13.8 Å². The third-order valence-electron chi connectivity index (χ3n) is 3.86. The molecule has 0 unspecified atom stereocenters. The molecule has 2 rings (SSSR count). The molecular formula is C17H27N3O2. The number of ether oxygens (including phenoxy) is 1. The Morgan fingerprint density at radius 2 is 1.91 bits per heavy atom. The van der Waals surface area contributed by atoms with Crippen LogP contribution in [0.4, 0.5) is 10.6 Å². The van der Waals surface area contributed by atoms with Crippen molar-refractivity contribution in [2.45, 2.75) is 71.6 Å². The normalized spacial score (nSPS) is 21.5. The van der Waals surface area contributed by atoms with Gasteiger partial charge in [-0.1, -0.05) is 6.07 Å². The maximum Gasteiger partial charge on any atom is 0.407 e. The van der Waals surface area contributed by atoms with Crippen LogP contribution in [0.2, 0.25) is 0 Å². The molecule has 1 aliphatic rings. The van der Waals surface area contributed by atoms with Gasteiger partial charge in [0.25, 0.3) is 0 Å². The lowest BCUT2D eigenvalue weighted by Gasteiger charge is -2.22. The summed E-state index contributed by atoms with van der Waals surface area (Å²) in [5, 5.41) is 6.41. The fourth-order valence-corrected chi connectivity index (χ4v) is 2.64. The van der Waals surface area contributed by atoms with E-state index in [4.69, 9.17) is 4.74 Å². The van der Waals surface area contributed by atoms with Crippen molar-refractivity contribution < 1.29 is 9.53 Å². The summed E-state index contributed by atoms with van der Waals surface area (Å²) in [5.74, 6) is 0.908. The Hall–Kier alpha value is -1.78. The molecule has 122 valence electrons. The predicted molar refractivity (Wildman–Crippen MR) is 88.1 cm³/mol. The van der Waals surface area contributed by atoms with Crippen LogP contribution in [-0.4, -0.2) is 28.8 Å². The third kappa shape index (κ3) is 4.90. The summed E-state index contributed by atoms with van der Waals surface area (Å²) < 4.78 is 5.30. The highest BCUT2D eigenvalue weighted by Gasteiger charge is 2.27. The van der Waals surface area contributed by atoms with E-state index >= 15 is 0 Å². The number of rotatable bonds is 3. The lowest BCUT2D eigenvalue weighted by Crippen LogP contribution is -2.38. The maximum absolute atomic E-state index is 11.8. The van der Waals surface area contributed by atoms with Gasteiger partial charge in [0.05, 0.1) is 0 Å². The summed E-state index contributed by atoms with van der Waals surface area (Å²) in [6.45, 7) is 9.69. The second-order valence-electron chi connectivity index (χ2n) is 7.10. The molecule has 0 aliphatic heterocycles. The number of alkyl carbamates (subject to hydrolysis) is 1. The summed E-state index contributed by atoms with van der Waals surface area (Å²) in [6.07, 6.45) is 2.55. The standard InChI is InChI=1S/C17H27N3O2/c1-11-6-9-15(18-12(11)2)19-13-7-8-14(10-13)20-16(21)22-17(3,4)5/h6,9,13-14H,7-8,10H2,1-5H3,(H,18,19)(H,20,21)/t13-,14-/m0/s1. The van der Waals surface area contributed by atoms with Crippen molar-refractivity contribution in [1.82, 2.24) is 10.3 Å². The summed E-state index contributed by atoms with van der Waals surface area (Å²) in [6, 6.07) is 4.60. The topological polar surface area (TPSA) is 63.2 Å². The highest BCUT2D eigenvalue weighted by Crippen LogP contribution is 2.23. The Labute approximate surface area is 132 Å². The second kappa shape index (κ2) is 6.55. The van der Waals surface area contributed by atoms with E-state index in [1.807, 2.05) is 33.8 Å². The van der Waals surface area contributed by atoms with Crippen molar-refractivity contribution in [2.24, 2.45) is 0 Å². The SMILES string of the molecule is Cc1ccc(N[C@H]2CC[C@H](NC(=O)OC(C)(C)C)C2)nc1C. The number of aromatic nitrogens is 1. The minimum Gasteiger partial charge on any atom is -0.444 e. The van der Waals surface area contributed by atoms with Crippen molar-refractivity contribution in [3.8, 4) is 0 Å². The molecule has 1 saturated carbocycles. The molecule has 1 amide bonds. The summed E-state index contributed by atoms with van der Waals surface area (Å²) in [4.78, 5) is 16.3. The number of anilines is 1. The van der Waals surface area contributed by atoms with E-state index in [-0.39, 0.29) is 12.1 Å². The zero-order chi connectivity index (χ0) is 16.3. The molecule has 2 atom stereocenters. The van der Waals surface area contributed by atoms with E-state index in [1.165, 1.54) is 5.56 Å². The fourth-order valence-electron chi connectivity index (χ4n) is 2.64. The first kappa shape index (κ1) is 16.6. The van der Waals surface area contributed by atoms with Gasteiger partial charge in [0.2, 0.25) is 0 Å². The van der Waals surface area contributed by atoms with E-state index < -0.39 is 5.60 Å². The van der Waals surface area contributed by atoms with Crippen molar-refractivity contribution >= 4 is 11.9 Å². The first-order valence-electron chi connectivity index (χ1n) is 7.93. The largest absolute Gasteiger partial charge is 0.444 e. The molecule has 5 heteroatoms. The number of hydrogen-bond acceptors (Lipinski definition) is 4. The van der Waals surface area contributed by atoms with Gasteiger partial charge >= 0.3 is 6.09 Å². The molecule has 22 heavy (non-hydrogen) atoms. The lowest BCUT2D eigenvalue weighted by atomic mass is 10.2. The Morgan fingerprint density at radius 3 is 2.55 bits per heavy atom. The molecule has 1 aromatic heterocycles. The third-order valence-corrected chi connectivity index (χ3v) is 3.86. The first-order chi connectivity index (χ1) is 10.2. The van der Waals surface area contributed by atoms with Crippen LogP contribution < -0.4 is 10.6 Å². The van der Waals surface area contributed by atoms with E-state index in [1.54, 1.807) is 0 Å². The van der Waals surface area contributed by atoms with Gasteiger partial charge in [-0.05, 0) is 65.5 Å². The molecule has 1 fully saturated rings. The molecule has 0 aromatic carbocycles. The van der Waals surface area contributed by atoms with Gasteiger partial charge in [0.15, 0.2) is 0 Å². The lowest BCUT2D eigenvalue weighted by molar-refractivity contribution is 0.0505. The van der Waals surface area contributed by atoms with E-state index in [0.717, 1.165) is 30.8 Å². The van der Waals surface area contributed by atoms with Gasteiger partial charge in [-0.25, -0.2) is 9.78 Å². The molecule has 0 spiro atoms. The number of aryl methyl sites for hydroxylation is 2. The van der Waals surface area contributed by atoms with Crippen LogP contribution in [-0.2, 0) is 4.74 Å². The number of amides is 1. The highest BCUT2D eigenvalue weighted by molar-refractivity contribution is 5.68. The number of nitrogens with one attached hydrogen (secondary N) is 2. The molecule has 1 aromatic rings. The van der Waals surface area contributed by atoms with Gasteiger partial charge in [-0.15, -0.1) is 0 Å². The molecule has 1 heterocycles. The van der Waals surface area contributed by atoms with Gasteiger partial charge in [0.1, 0.15) is 11.4 Å². The molecule has 2 N–H and O–H groups in total. The minimum absolute atomic E-state index is 0.166. The maximum atomic E-state index is 11.8. The number of hydrogen-bond donors (Lipinski definition) is 2. The van der Waals surface area contributed by atoms with Crippen LogP contribution in [0.5, 0.6) is 0 Å².